The lowest BCUT2D eigenvalue weighted by molar-refractivity contribution is -0.135. The number of cyclic esters (lactones) is 1. The van der Waals surface area contributed by atoms with Crippen molar-refractivity contribution in [3.05, 3.63) is 66.5 Å². The lowest BCUT2D eigenvalue weighted by Gasteiger charge is -2.15. The van der Waals surface area contributed by atoms with Gasteiger partial charge in [0.1, 0.15) is 24.7 Å². The first kappa shape index (κ1) is 20.1. The number of aliphatic imine (C=N–C) groups is 1. The summed E-state index contributed by atoms with van der Waals surface area (Å²) in [7, 11) is 0. The minimum atomic E-state index is -1.08. The fraction of sp³-hybridized carbons (Fsp3) is 0.182. The minimum absolute atomic E-state index is 0.0853. The van der Waals surface area contributed by atoms with Gasteiger partial charge in [0, 0.05) is 34.4 Å². The van der Waals surface area contributed by atoms with Crippen LogP contribution in [0.5, 0.6) is 5.75 Å². The average Bonchev–Trinajstić information content (AvgIpc) is 3.16. The number of nitrogens with zero attached hydrogens (tertiary/aromatic N) is 3. The van der Waals surface area contributed by atoms with Crippen LogP contribution in [0.4, 0.5) is 10.5 Å². The lowest BCUT2D eigenvalue weighted by Crippen LogP contribution is -2.27. The van der Waals surface area contributed by atoms with E-state index in [9.17, 15) is 9.59 Å². The zero-order chi connectivity index (χ0) is 21.8. The molecule has 9 nitrogen and oxygen atoms in total. The Morgan fingerprint density at radius 2 is 2.13 bits per heavy atom. The normalized spacial score (nSPS) is 16.4. The van der Waals surface area contributed by atoms with Crippen molar-refractivity contribution in [3.8, 4) is 5.75 Å². The molecule has 2 heterocycles. The van der Waals surface area contributed by atoms with Crippen molar-refractivity contribution in [2.45, 2.75) is 6.10 Å². The second-order valence-electron chi connectivity index (χ2n) is 6.93. The Morgan fingerprint density at radius 1 is 1.29 bits per heavy atom. The number of rotatable bonds is 7. The van der Waals surface area contributed by atoms with Crippen molar-refractivity contribution >= 4 is 34.4 Å². The maximum absolute atomic E-state index is 12.4. The molecule has 0 spiro atoms. The Bertz CT molecular complexity index is 1160. The van der Waals surface area contributed by atoms with Crippen molar-refractivity contribution in [1.29, 1.82) is 0 Å². The molecule has 1 amide bonds. The number of hydrogen-bond acceptors (Lipinski definition) is 6. The third kappa shape index (κ3) is 4.55. The van der Waals surface area contributed by atoms with Gasteiger partial charge in [-0.1, -0.05) is 24.3 Å². The topological polar surface area (TPSA) is 127 Å². The third-order valence-electron chi connectivity index (χ3n) is 4.78. The van der Waals surface area contributed by atoms with Crippen LogP contribution in [-0.2, 0) is 9.53 Å². The number of amidine groups is 1. The smallest absolute Gasteiger partial charge is 0.414 e. The maximum atomic E-state index is 12.4. The number of nitrogens with two attached hydrogens (primary N) is 1. The molecule has 158 valence electrons. The Kier molecular flexibility index (Phi) is 5.65. The van der Waals surface area contributed by atoms with Gasteiger partial charge in [-0.25, -0.2) is 4.79 Å². The fourth-order valence-electron chi connectivity index (χ4n) is 3.30. The van der Waals surface area contributed by atoms with Gasteiger partial charge in [0.2, 0.25) is 0 Å². The molecule has 1 unspecified atom stereocenters. The fourth-order valence-corrected chi connectivity index (χ4v) is 3.30. The molecule has 0 saturated carbocycles. The number of carboxylic acids is 1. The molecule has 0 bridgehead atoms. The number of ether oxygens (including phenoxy) is 2. The van der Waals surface area contributed by atoms with E-state index in [0.717, 1.165) is 10.8 Å². The third-order valence-corrected chi connectivity index (χ3v) is 4.78. The summed E-state index contributed by atoms with van der Waals surface area (Å²) >= 11 is 0. The summed E-state index contributed by atoms with van der Waals surface area (Å²) in [6.45, 7) is 0.0812. The number of fused-ring (bicyclic) bond motifs is 1. The molecule has 1 aliphatic rings. The van der Waals surface area contributed by atoms with Gasteiger partial charge in [-0.15, -0.1) is 0 Å². The van der Waals surface area contributed by atoms with E-state index in [0.29, 0.717) is 23.5 Å². The van der Waals surface area contributed by atoms with Crippen molar-refractivity contribution in [1.82, 2.24) is 4.98 Å². The van der Waals surface area contributed by atoms with Gasteiger partial charge in [-0.3, -0.25) is 19.7 Å². The molecule has 1 aromatic heterocycles. The molecule has 9 heteroatoms. The summed E-state index contributed by atoms with van der Waals surface area (Å²) in [5.41, 5.74) is 6.96. The lowest BCUT2D eigenvalue weighted by atomic mass is 10.1. The van der Waals surface area contributed by atoms with Crippen LogP contribution in [0.1, 0.15) is 5.56 Å². The Labute approximate surface area is 177 Å². The molecule has 31 heavy (non-hydrogen) atoms. The van der Waals surface area contributed by atoms with Crippen molar-refractivity contribution in [2.24, 2.45) is 10.7 Å². The summed E-state index contributed by atoms with van der Waals surface area (Å²) in [5.74, 6) is -0.298. The van der Waals surface area contributed by atoms with Crippen LogP contribution in [0.25, 0.3) is 10.8 Å². The van der Waals surface area contributed by atoms with Crippen LogP contribution >= 0.6 is 0 Å². The summed E-state index contributed by atoms with van der Waals surface area (Å²) < 4.78 is 11.4. The van der Waals surface area contributed by atoms with Crippen molar-refractivity contribution < 1.29 is 24.2 Å². The first-order valence-corrected chi connectivity index (χ1v) is 9.57. The van der Waals surface area contributed by atoms with E-state index < -0.39 is 24.7 Å². The number of carbonyl (C=O) groups is 2. The highest BCUT2D eigenvalue weighted by Crippen LogP contribution is 2.26. The van der Waals surface area contributed by atoms with Gasteiger partial charge in [0.15, 0.2) is 6.10 Å². The summed E-state index contributed by atoms with van der Waals surface area (Å²) in [6, 6.07) is 14.4. The monoisotopic (exact) mass is 420 g/mol. The largest absolute Gasteiger partial charge is 0.489 e. The van der Waals surface area contributed by atoms with Gasteiger partial charge >= 0.3 is 12.1 Å². The molecule has 3 N–H and O–H groups in total. The van der Waals surface area contributed by atoms with E-state index in [1.165, 1.54) is 4.90 Å². The highest BCUT2D eigenvalue weighted by Gasteiger charge is 2.33. The van der Waals surface area contributed by atoms with Gasteiger partial charge < -0.3 is 20.3 Å². The number of hydrogen-bond donors (Lipinski definition) is 2. The molecular weight excluding hydrogens is 400 g/mol. The second-order valence-corrected chi connectivity index (χ2v) is 6.93. The highest BCUT2D eigenvalue weighted by atomic mass is 16.6. The van der Waals surface area contributed by atoms with E-state index in [2.05, 4.69) is 9.98 Å². The van der Waals surface area contributed by atoms with Crippen molar-refractivity contribution in [2.75, 3.05) is 24.6 Å². The quantitative estimate of drug-likeness (QED) is 0.444. The van der Waals surface area contributed by atoms with Crippen LogP contribution in [0, 0.1) is 0 Å². The van der Waals surface area contributed by atoms with E-state index in [1.807, 2.05) is 24.3 Å². The van der Waals surface area contributed by atoms with Crippen LogP contribution in [-0.4, -0.2) is 53.8 Å². The molecular formula is C22H20N4O5. The number of anilines is 1. The van der Waals surface area contributed by atoms with E-state index >= 15 is 0 Å². The van der Waals surface area contributed by atoms with Crippen molar-refractivity contribution in [3.63, 3.8) is 0 Å². The predicted molar refractivity (Wildman–Crippen MR) is 115 cm³/mol. The Hall–Kier alpha value is -4.14. The number of aromatic nitrogens is 1. The van der Waals surface area contributed by atoms with Crippen LogP contribution < -0.4 is 15.4 Å². The van der Waals surface area contributed by atoms with Crippen LogP contribution in [0.2, 0.25) is 0 Å². The van der Waals surface area contributed by atoms with Gasteiger partial charge in [-0.2, -0.15) is 0 Å². The maximum Gasteiger partial charge on any atom is 0.414 e. The van der Waals surface area contributed by atoms with Gasteiger partial charge in [0.05, 0.1) is 6.54 Å². The van der Waals surface area contributed by atoms with Crippen LogP contribution in [0.3, 0.4) is 0 Å². The highest BCUT2D eigenvalue weighted by molar-refractivity contribution is 6.00. The molecule has 4 rings (SSSR count). The average molecular weight is 420 g/mol. The zero-order valence-electron chi connectivity index (χ0n) is 16.5. The first-order chi connectivity index (χ1) is 15.0. The Morgan fingerprint density at radius 3 is 2.97 bits per heavy atom. The van der Waals surface area contributed by atoms with E-state index in [4.69, 9.17) is 20.3 Å². The molecule has 1 fully saturated rings. The molecule has 1 saturated heterocycles. The molecule has 1 atom stereocenters. The summed E-state index contributed by atoms with van der Waals surface area (Å²) in [6.07, 6.45) is 2.52. The Balaban J connectivity index is 1.44. The zero-order valence-corrected chi connectivity index (χ0v) is 16.5. The van der Waals surface area contributed by atoms with Gasteiger partial charge in [0.25, 0.3) is 0 Å². The molecule has 0 radical (unpaired) electrons. The summed E-state index contributed by atoms with van der Waals surface area (Å²) in [5, 5.41) is 10.6. The molecule has 3 aromatic rings. The van der Waals surface area contributed by atoms with Crippen LogP contribution in [0.15, 0.2) is 65.9 Å². The molecule has 2 aromatic carbocycles. The standard InChI is InChI=1S/C22H20N4O5/c23-21(25-11-20(27)28)14-3-1-5-16(9-14)26-12-17(31-22(26)29)13-30-19-6-2-4-15-10-24-8-7-18(15)19/h1-10,17H,11-13H2,(H2,23,25)(H,27,28). The van der Waals surface area contributed by atoms with Gasteiger partial charge in [-0.05, 0) is 24.3 Å². The predicted octanol–water partition coefficient (Wildman–Crippen LogP) is 2.43. The number of pyridine rings is 1. The SMILES string of the molecule is NC(=NCC(=O)O)c1cccc(N2CC(COc3cccc4cnccc34)OC2=O)c1. The first-order valence-electron chi connectivity index (χ1n) is 9.57. The van der Waals surface area contributed by atoms with E-state index in [1.54, 1.807) is 36.7 Å². The minimum Gasteiger partial charge on any atom is -0.489 e. The summed E-state index contributed by atoms with van der Waals surface area (Å²) in [4.78, 5) is 32.5. The number of benzene rings is 2. The number of carboxylic acid groups (broad SMARTS) is 1. The number of aliphatic carboxylic acids is 1. The number of carbonyl (C=O) groups excluding carboxylic acids is 1. The molecule has 1 aliphatic heterocycles. The number of amides is 1. The second kappa shape index (κ2) is 8.70. The molecule has 0 aliphatic carbocycles. The van der Waals surface area contributed by atoms with E-state index in [-0.39, 0.29) is 12.4 Å².